The second kappa shape index (κ2) is 6.15. The summed E-state index contributed by atoms with van der Waals surface area (Å²) in [6, 6.07) is 5.68. The molecule has 1 aromatic rings. The quantitative estimate of drug-likeness (QED) is 0.892. The van der Waals surface area contributed by atoms with Gasteiger partial charge in [-0.25, -0.2) is 0 Å². The van der Waals surface area contributed by atoms with Crippen molar-refractivity contribution in [2.75, 3.05) is 0 Å². The summed E-state index contributed by atoms with van der Waals surface area (Å²) >= 11 is 12.1. The molecule has 2 atom stereocenters. The largest absolute Gasteiger partial charge is 0.393 e. The fraction of sp³-hybridized carbons (Fsp3) is 0.562. The Hall–Kier alpha value is -0.770. The van der Waals surface area contributed by atoms with Gasteiger partial charge in [0.05, 0.1) is 6.10 Å². The molecule has 3 nitrogen and oxygen atoms in total. The summed E-state index contributed by atoms with van der Waals surface area (Å²) in [5, 5.41) is 13.9. The van der Waals surface area contributed by atoms with Crippen LogP contribution in [0, 0.1) is 5.92 Å². The lowest BCUT2D eigenvalue weighted by atomic mass is 9.93. The van der Waals surface area contributed by atoms with Crippen LogP contribution in [-0.4, -0.2) is 23.2 Å². The number of carbonyl (C=O) groups is 1. The highest BCUT2D eigenvalue weighted by atomic mass is 35.5. The summed E-state index contributed by atoms with van der Waals surface area (Å²) < 4.78 is 0. The Labute approximate surface area is 134 Å². The van der Waals surface area contributed by atoms with Crippen molar-refractivity contribution in [3.05, 3.63) is 33.8 Å². The van der Waals surface area contributed by atoms with Gasteiger partial charge in [-0.15, -0.1) is 0 Å². The molecular formula is C16H19Cl2NO2. The third-order valence-corrected chi connectivity index (χ3v) is 5.09. The zero-order valence-corrected chi connectivity index (χ0v) is 13.2. The summed E-state index contributed by atoms with van der Waals surface area (Å²) in [4.78, 5) is 12.3. The third-order valence-electron chi connectivity index (χ3n) is 4.53. The van der Waals surface area contributed by atoms with Gasteiger partial charge < -0.3 is 10.4 Å². The van der Waals surface area contributed by atoms with Gasteiger partial charge in [0.15, 0.2) is 0 Å². The molecule has 114 valence electrons. The third kappa shape index (κ3) is 3.53. The van der Waals surface area contributed by atoms with Crippen LogP contribution in [0.25, 0.3) is 0 Å². The second-order valence-electron chi connectivity index (χ2n) is 6.13. The molecule has 0 aromatic heterocycles. The molecular weight excluding hydrogens is 309 g/mol. The molecule has 21 heavy (non-hydrogen) atoms. The number of benzene rings is 1. The number of nitrogens with one attached hydrogen (secondary N) is 1. The molecule has 2 fully saturated rings. The molecule has 0 heterocycles. The molecule has 3 rings (SSSR count). The van der Waals surface area contributed by atoms with E-state index in [-0.39, 0.29) is 29.9 Å². The van der Waals surface area contributed by atoms with Crippen molar-refractivity contribution in [3.63, 3.8) is 0 Å². The highest BCUT2D eigenvalue weighted by Crippen LogP contribution is 2.50. The van der Waals surface area contributed by atoms with E-state index < -0.39 is 0 Å². The van der Waals surface area contributed by atoms with E-state index >= 15 is 0 Å². The lowest BCUT2D eigenvalue weighted by Crippen LogP contribution is -2.39. The minimum Gasteiger partial charge on any atom is -0.393 e. The number of rotatable bonds is 3. The number of hydrogen-bond acceptors (Lipinski definition) is 2. The molecule has 0 saturated heterocycles. The number of amides is 1. The minimum atomic E-state index is -0.195. The molecule has 0 aliphatic heterocycles. The molecule has 2 saturated carbocycles. The van der Waals surface area contributed by atoms with E-state index in [2.05, 4.69) is 5.32 Å². The standard InChI is InChI=1S/C16H19Cl2NO2/c17-9-1-6-12(15(18)7-9)13-8-14(13)16(21)19-10-2-4-11(20)5-3-10/h1,6-7,10-11,13-14,20H,2-5,8H2,(H,19,21)/t10?,11?,13-,14+/m1/s1. The molecule has 2 aliphatic rings. The highest BCUT2D eigenvalue weighted by Gasteiger charge is 2.45. The van der Waals surface area contributed by atoms with E-state index in [4.69, 9.17) is 23.2 Å². The van der Waals surface area contributed by atoms with Crippen LogP contribution in [0.2, 0.25) is 10.0 Å². The van der Waals surface area contributed by atoms with E-state index in [1.54, 1.807) is 6.07 Å². The van der Waals surface area contributed by atoms with Gasteiger partial charge in [-0.3, -0.25) is 4.79 Å². The number of halogens is 2. The summed E-state index contributed by atoms with van der Waals surface area (Å²) in [7, 11) is 0. The number of carbonyl (C=O) groups excluding carboxylic acids is 1. The Bertz CT molecular complexity index is 541. The topological polar surface area (TPSA) is 49.3 Å². The summed E-state index contributed by atoms with van der Waals surface area (Å²) in [6.45, 7) is 0. The lowest BCUT2D eigenvalue weighted by molar-refractivity contribution is -0.123. The van der Waals surface area contributed by atoms with Crippen molar-refractivity contribution in [1.82, 2.24) is 5.32 Å². The monoisotopic (exact) mass is 327 g/mol. The number of aliphatic hydroxyl groups excluding tert-OH is 1. The minimum absolute atomic E-state index is 0.0236. The molecule has 0 bridgehead atoms. The smallest absolute Gasteiger partial charge is 0.223 e. The Kier molecular flexibility index (Phi) is 4.43. The van der Waals surface area contributed by atoms with Crippen LogP contribution in [-0.2, 0) is 4.79 Å². The van der Waals surface area contributed by atoms with Gasteiger partial charge >= 0.3 is 0 Å². The molecule has 0 spiro atoms. The van der Waals surface area contributed by atoms with Crippen molar-refractivity contribution in [3.8, 4) is 0 Å². The number of hydrogen-bond donors (Lipinski definition) is 2. The Morgan fingerprint density at radius 1 is 1.19 bits per heavy atom. The van der Waals surface area contributed by atoms with E-state index in [1.807, 2.05) is 12.1 Å². The van der Waals surface area contributed by atoms with Crippen LogP contribution < -0.4 is 5.32 Å². The Morgan fingerprint density at radius 2 is 1.90 bits per heavy atom. The molecule has 1 amide bonds. The van der Waals surface area contributed by atoms with Gasteiger partial charge in [0.2, 0.25) is 5.91 Å². The maximum Gasteiger partial charge on any atom is 0.223 e. The first-order valence-electron chi connectivity index (χ1n) is 7.48. The van der Waals surface area contributed by atoms with Crippen molar-refractivity contribution >= 4 is 29.1 Å². The van der Waals surface area contributed by atoms with Crippen LogP contribution in [0.1, 0.15) is 43.6 Å². The fourth-order valence-corrected chi connectivity index (χ4v) is 3.71. The summed E-state index contributed by atoms with van der Waals surface area (Å²) in [5.41, 5.74) is 1.01. The SMILES string of the molecule is O=C(NC1CCC(O)CC1)[C@H]1C[C@@H]1c1ccc(Cl)cc1Cl. The van der Waals surface area contributed by atoms with Gasteiger partial charge in [-0.05, 0) is 55.7 Å². The molecule has 5 heteroatoms. The van der Waals surface area contributed by atoms with Gasteiger partial charge in [0, 0.05) is 22.0 Å². The molecule has 0 unspecified atom stereocenters. The average molecular weight is 328 g/mol. The molecule has 0 radical (unpaired) electrons. The van der Waals surface area contributed by atoms with Gasteiger partial charge in [0.1, 0.15) is 0 Å². The average Bonchev–Trinajstić information content (AvgIpc) is 3.21. The van der Waals surface area contributed by atoms with Crippen molar-refractivity contribution in [1.29, 1.82) is 0 Å². The van der Waals surface area contributed by atoms with Gasteiger partial charge in [0.25, 0.3) is 0 Å². The van der Waals surface area contributed by atoms with Crippen LogP contribution in [0.15, 0.2) is 18.2 Å². The highest BCUT2D eigenvalue weighted by molar-refractivity contribution is 6.35. The van der Waals surface area contributed by atoms with Crippen molar-refractivity contribution < 1.29 is 9.90 Å². The van der Waals surface area contributed by atoms with Crippen LogP contribution >= 0.6 is 23.2 Å². The fourth-order valence-electron chi connectivity index (χ4n) is 3.16. The zero-order valence-electron chi connectivity index (χ0n) is 11.7. The maximum absolute atomic E-state index is 12.3. The lowest BCUT2D eigenvalue weighted by Gasteiger charge is -2.26. The first kappa shape index (κ1) is 15.1. The van der Waals surface area contributed by atoms with Gasteiger partial charge in [-0.2, -0.15) is 0 Å². The predicted molar refractivity (Wildman–Crippen MR) is 83.7 cm³/mol. The maximum atomic E-state index is 12.3. The number of aliphatic hydroxyl groups is 1. The van der Waals surface area contributed by atoms with E-state index in [1.165, 1.54) is 0 Å². The van der Waals surface area contributed by atoms with Crippen LogP contribution in [0.5, 0.6) is 0 Å². The van der Waals surface area contributed by atoms with Crippen molar-refractivity contribution in [2.24, 2.45) is 5.92 Å². The Morgan fingerprint density at radius 3 is 2.57 bits per heavy atom. The Balaban J connectivity index is 1.56. The van der Waals surface area contributed by atoms with Crippen molar-refractivity contribution in [2.45, 2.75) is 50.2 Å². The van der Waals surface area contributed by atoms with Crippen LogP contribution in [0.3, 0.4) is 0 Å². The predicted octanol–water partition coefficient (Wildman–Crippen LogP) is 3.52. The van der Waals surface area contributed by atoms with Gasteiger partial charge in [-0.1, -0.05) is 29.3 Å². The second-order valence-corrected chi connectivity index (χ2v) is 6.97. The molecule has 1 aromatic carbocycles. The first-order chi connectivity index (χ1) is 10.0. The summed E-state index contributed by atoms with van der Waals surface area (Å²) in [6.07, 6.45) is 3.95. The zero-order chi connectivity index (χ0) is 15.0. The first-order valence-corrected chi connectivity index (χ1v) is 8.23. The normalized spacial score (nSPS) is 31.8. The molecule has 2 aliphatic carbocycles. The van der Waals surface area contributed by atoms with E-state index in [0.717, 1.165) is 37.7 Å². The summed E-state index contributed by atoms with van der Waals surface area (Å²) in [5.74, 6) is 0.354. The van der Waals surface area contributed by atoms with E-state index in [0.29, 0.717) is 10.0 Å². The van der Waals surface area contributed by atoms with Crippen LogP contribution in [0.4, 0.5) is 0 Å². The van der Waals surface area contributed by atoms with E-state index in [9.17, 15) is 9.90 Å². The molecule has 2 N–H and O–H groups in total.